The summed E-state index contributed by atoms with van der Waals surface area (Å²) in [5.74, 6) is 0.452. The zero-order valence-corrected chi connectivity index (χ0v) is 13.7. The van der Waals surface area contributed by atoms with Crippen molar-refractivity contribution >= 4 is 16.8 Å². The van der Waals surface area contributed by atoms with Gasteiger partial charge in [-0.3, -0.25) is 9.59 Å². The molecule has 2 aromatic rings. The molecule has 0 atom stereocenters. The second kappa shape index (κ2) is 5.94. The van der Waals surface area contributed by atoms with Crippen LogP contribution in [-0.2, 0) is 0 Å². The van der Waals surface area contributed by atoms with Gasteiger partial charge in [0, 0.05) is 49.3 Å². The molecule has 126 valence electrons. The maximum absolute atomic E-state index is 13.0. The van der Waals surface area contributed by atoms with E-state index in [9.17, 15) is 9.59 Å². The highest BCUT2D eigenvalue weighted by molar-refractivity contribution is 5.97. The molecule has 0 aliphatic carbocycles. The van der Waals surface area contributed by atoms with Crippen molar-refractivity contribution in [3.63, 3.8) is 0 Å². The van der Waals surface area contributed by atoms with Gasteiger partial charge in [0.1, 0.15) is 11.3 Å². The molecule has 1 aromatic carbocycles. The molecule has 1 aromatic heterocycles. The smallest absolute Gasteiger partial charge is 0.259 e. The van der Waals surface area contributed by atoms with Crippen LogP contribution >= 0.6 is 0 Å². The van der Waals surface area contributed by atoms with Gasteiger partial charge in [0.2, 0.25) is 5.43 Å². The van der Waals surface area contributed by atoms with Gasteiger partial charge in [0.25, 0.3) is 5.91 Å². The van der Waals surface area contributed by atoms with Crippen LogP contribution in [-0.4, -0.2) is 60.0 Å². The Labute approximate surface area is 140 Å². The number of hydrogen-bond acceptors (Lipinski definition) is 4. The largest absolute Gasteiger partial charge is 0.497 e. The number of piperidine rings is 1. The van der Waals surface area contributed by atoms with Gasteiger partial charge in [-0.2, -0.15) is 0 Å². The number of aromatic amines is 1. The van der Waals surface area contributed by atoms with E-state index in [2.05, 4.69) is 9.88 Å². The van der Waals surface area contributed by atoms with Crippen LogP contribution in [0.4, 0.5) is 0 Å². The third-order valence-corrected chi connectivity index (χ3v) is 5.23. The van der Waals surface area contributed by atoms with E-state index in [1.807, 2.05) is 4.90 Å². The van der Waals surface area contributed by atoms with Crippen molar-refractivity contribution in [1.29, 1.82) is 0 Å². The molecule has 6 heteroatoms. The molecule has 3 saturated heterocycles. The Bertz CT molecular complexity index is 837. The summed E-state index contributed by atoms with van der Waals surface area (Å²) in [6.07, 6.45) is 3.53. The SMILES string of the molecule is COc1ccc2[nH]cc(C(=O)N3CCN4CCC3CC4)c(=O)c2c1. The van der Waals surface area contributed by atoms with E-state index in [4.69, 9.17) is 4.74 Å². The molecule has 4 heterocycles. The molecule has 2 bridgehead atoms. The molecule has 1 N–H and O–H groups in total. The summed E-state index contributed by atoms with van der Waals surface area (Å²) in [6.45, 7) is 3.67. The standard InChI is InChI=1S/C18H21N3O3/c1-24-13-2-3-16-14(10-13)17(22)15(11-19-16)18(23)21-9-8-20-6-4-12(21)5-7-20/h2-3,10-12H,4-9H2,1H3,(H,19,22). The van der Waals surface area contributed by atoms with E-state index in [1.165, 1.54) is 0 Å². The van der Waals surface area contributed by atoms with Gasteiger partial charge in [-0.1, -0.05) is 0 Å². The number of carbonyl (C=O) groups is 1. The summed E-state index contributed by atoms with van der Waals surface area (Å²) < 4.78 is 5.20. The van der Waals surface area contributed by atoms with Crippen LogP contribution in [0.25, 0.3) is 10.9 Å². The molecule has 0 unspecified atom stereocenters. The lowest BCUT2D eigenvalue weighted by atomic mass is 10.0. The molecule has 0 radical (unpaired) electrons. The first-order valence-corrected chi connectivity index (χ1v) is 8.40. The summed E-state index contributed by atoms with van der Waals surface area (Å²) >= 11 is 0. The van der Waals surface area contributed by atoms with Crippen LogP contribution in [0.5, 0.6) is 5.75 Å². The van der Waals surface area contributed by atoms with E-state index in [0.717, 1.165) is 32.5 Å². The van der Waals surface area contributed by atoms with Crippen molar-refractivity contribution in [2.75, 3.05) is 33.3 Å². The fraction of sp³-hybridized carbons (Fsp3) is 0.444. The number of rotatable bonds is 2. The Morgan fingerprint density at radius 2 is 2.00 bits per heavy atom. The second-order valence-electron chi connectivity index (χ2n) is 6.51. The maximum atomic E-state index is 13.0. The van der Waals surface area contributed by atoms with E-state index in [1.54, 1.807) is 31.5 Å². The first-order valence-electron chi connectivity index (χ1n) is 8.40. The second-order valence-corrected chi connectivity index (χ2v) is 6.51. The summed E-state index contributed by atoms with van der Waals surface area (Å²) in [4.78, 5) is 33.2. The average molecular weight is 327 g/mol. The Hall–Kier alpha value is -2.34. The van der Waals surface area contributed by atoms with Crippen LogP contribution in [0.2, 0.25) is 0 Å². The molecule has 0 saturated carbocycles. The zero-order chi connectivity index (χ0) is 16.7. The summed E-state index contributed by atoms with van der Waals surface area (Å²) in [5.41, 5.74) is 0.697. The number of pyridine rings is 1. The van der Waals surface area contributed by atoms with Gasteiger partial charge < -0.3 is 19.5 Å². The summed E-state index contributed by atoms with van der Waals surface area (Å²) in [6, 6.07) is 5.52. The van der Waals surface area contributed by atoms with Crippen molar-refractivity contribution in [3.8, 4) is 5.75 Å². The number of ether oxygens (including phenoxy) is 1. The number of nitrogens with one attached hydrogen (secondary N) is 1. The van der Waals surface area contributed by atoms with Crippen LogP contribution in [0.3, 0.4) is 0 Å². The molecule has 0 spiro atoms. The van der Waals surface area contributed by atoms with Gasteiger partial charge in [-0.15, -0.1) is 0 Å². The van der Waals surface area contributed by atoms with Gasteiger partial charge in [-0.25, -0.2) is 0 Å². The number of methoxy groups -OCH3 is 1. The number of H-pyrrole nitrogens is 1. The van der Waals surface area contributed by atoms with E-state index < -0.39 is 0 Å². The van der Waals surface area contributed by atoms with Crippen molar-refractivity contribution in [2.24, 2.45) is 0 Å². The van der Waals surface area contributed by atoms with Gasteiger partial charge in [0.05, 0.1) is 7.11 Å². The van der Waals surface area contributed by atoms with Gasteiger partial charge in [0.15, 0.2) is 0 Å². The minimum atomic E-state index is -0.230. The van der Waals surface area contributed by atoms with Gasteiger partial charge >= 0.3 is 0 Å². The topological polar surface area (TPSA) is 65.6 Å². The lowest BCUT2D eigenvalue weighted by molar-refractivity contribution is 0.0683. The number of fused-ring (bicyclic) bond motifs is 5. The van der Waals surface area contributed by atoms with Crippen molar-refractivity contribution < 1.29 is 9.53 Å². The zero-order valence-electron chi connectivity index (χ0n) is 13.7. The van der Waals surface area contributed by atoms with Crippen LogP contribution in [0.15, 0.2) is 29.2 Å². The maximum Gasteiger partial charge on any atom is 0.259 e. The molecule has 5 rings (SSSR count). The van der Waals surface area contributed by atoms with Crippen LogP contribution < -0.4 is 10.2 Å². The number of amides is 1. The summed E-state index contributed by atoms with van der Waals surface area (Å²) in [5, 5.41) is 0.489. The van der Waals surface area contributed by atoms with Gasteiger partial charge in [-0.05, 0) is 31.0 Å². The molecular formula is C18H21N3O3. The minimum Gasteiger partial charge on any atom is -0.497 e. The first-order chi connectivity index (χ1) is 11.7. The average Bonchev–Trinajstić information content (AvgIpc) is 2.95. The van der Waals surface area contributed by atoms with Crippen molar-refractivity contribution in [2.45, 2.75) is 18.9 Å². The quantitative estimate of drug-likeness (QED) is 0.907. The number of nitrogens with zero attached hydrogens (tertiary/aromatic N) is 2. The van der Waals surface area contributed by atoms with Crippen LogP contribution in [0.1, 0.15) is 23.2 Å². The first kappa shape index (κ1) is 15.2. The van der Waals surface area contributed by atoms with E-state index in [0.29, 0.717) is 23.2 Å². The fourth-order valence-electron chi connectivity index (χ4n) is 3.79. The molecule has 3 aliphatic heterocycles. The Kier molecular flexibility index (Phi) is 3.76. The Morgan fingerprint density at radius 1 is 1.21 bits per heavy atom. The molecule has 3 fully saturated rings. The lowest BCUT2D eigenvalue weighted by Gasteiger charge is -2.31. The molecule has 3 aliphatic rings. The monoisotopic (exact) mass is 327 g/mol. The highest BCUT2D eigenvalue weighted by Gasteiger charge is 2.33. The molecular weight excluding hydrogens is 306 g/mol. The molecule has 1 amide bonds. The lowest BCUT2D eigenvalue weighted by Crippen LogP contribution is -2.43. The third-order valence-electron chi connectivity index (χ3n) is 5.23. The summed E-state index contributed by atoms with van der Waals surface area (Å²) in [7, 11) is 1.56. The number of benzene rings is 1. The minimum absolute atomic E-state index is 0.158. The van der Waals surface area contributed by atoms with E-state index >= 15 is 0 Å². The third kappa shape index (κ3) is 2.47. The molecule has 24 heavy (non-hydrogen) atoms. The Morgan fingerprint density at radius 3 is 2.75 bits per heavy atom. The fourth-order valence-corrected chi connectivity index (χ4v) is 3.79. The number of hydrogen-bond donors (Lipinski definition) is 1. The normalized spacial score (nSPS) is 23.3. The predicted molar refractivity (Wildman–Crippen MR) is 91.6 cm³/mol. The van der Waals surface area contributed by atoms with Crippen LogP contribution in [0, 0.1) is 0 Å². The Balaban J connectivity index is 1.74. The number of aromatic nitrogens is 1. The highest BCUT2D eigenvalue weighted by atomic mass is 16.5. The molecule has 6 nitrogen and oxygen atoms in total. The predicted octanol–water partition coefficient (Wildman–Crippen LogP) is 1.46. The van der Waals surface area contributed by atoms with Crippen molar-refractivity contribution in [3.05, 3.63) is 40.2 Å². The number of carbonyl (C=O) groups excluding carboxylic acids is 1. The van der Waals surface area contributed by atoms with Crippen molar-refractivity contribution in [1.82, 2.24) is 14.8 Å². The van der Waals surface area contributed by atoms with E-state index in [-0.39, 0.29) is 22.9 Å². The highest BCUT2D eigenvalue weighted by Crippen LogP contribution is 2.23.